The molecular formula is C6H5AsNO5. The van der Waals surface area contributed by atoms with Gasteiger partial charge in [0.05, 0.1) is 0 Å². The van der Waals surface area contributed by atoms with Gasteiger partial charge >= 0.3 is 75.4 Å². The molecule has 0 unspecified atom stereocenters. The van der Waals surface area contributed by atoms with Crippen LogP contribution >= 0.6 is 0 Å². The van der Waals surface area contributed by atoms with Crippen molar-refractivity contribution in [2.45, 2.75) is 0 Å². The molecule has 0 atom stereocenters. The molecule has 1 aromatic carbocycles. The summed E-state index contributed by atoms with van der Waals surface area (Å²) in [7, 11) is 0. The van der Waals surface area contributed by atoms with Gasteiger partial charge in [0.25, 0.3) is 0 Å². The zero-order valence-electron chi connectivity index (χ0n) is 6.25. The quantitative estimate of drug-likeness (QED) is 0.394. The monoisotopic (exact) mass is 246 g/mol. The van der Waals surface area contributed by atoms with E-state index in [1.165, 1.54) is 12.1 Å². The van der Waals surface area contributed by atoms with E-state index in [2.05, 4.69) is 6.07 Å². The van der Waals surface area contributed by atoms with Crippen LogP contribution in [0, 0.1) is 16.2 Å². The van der Waals surface area contributed by atoms with E-state index in [9.17, 15) is 13.9 Å². The van der Waals surface area contributed by atoms with Gasteiger partial charge in [0.1, 0.15) is 0 Å². The van der Waals surface area contributed by atoms with Crippen molar-refractivity contribution in [1.29, 1.82) is 0 Å². The van der Waals surface area contributed by atoms with Crippen LogP contribution in [-0.2, 0) is 3.74 Å². The summed E-state index contributed by atoms with van der Waals surface area (Å²) in [6, 6.07) is 5.74. The van der Waals surface area contributed by atoms with Gasteiger partial charge in [-0.15, -0.1) is 0 Å². The second kappa shape index (κ2) is 3.33. The Kier molecular flexibility index (Phi) is 2.56. The summed E-state index contributed by atoms with van der Waals surface area (Å²) in [4.78, 5) is 9.48. The molecule has 0 amide bonds. The molecule has 0 spiro atoms. The summed E-state index contributed by atoms with van der Waals surface area (Å²) in [6.07, 6.45) is 0. The van der Waals surface area contributed by atoms with Crippen LogP contribution in [0.5, 0.6) is 0 Å². The van der Waals surface area contributed by atoms with Gasteiger partial charge in [-0.1, -0.05) is 0 Å². The van der Waals surface area contributed by atoms with E-state index in [-0.39, 0.29) is 0 Å². The molecule has 0 aromatic heterocycles. The second-order valence-corrected chi connectivity index (χ2v) is 5.43. The van der Waals surface area contributed by atoms with Crippen LogP contribution < -0.4 is 4.35 Å². The molecule has 0 saturated carbocycles. The predicted octanol–water partition coefficient (Wildman–Crippen LogP) is -1.04. The standard InChI is InChI=1S/C6H5AsNO5/c9-7(10,11)5-3-1-2-4-6(5)8(12)13/h1-2,4H,(H2,9,10,11). The molecule has 0 bridgehead atoms. The number of nitro groups is 1. The van der Waals surface area contributed by atoms with Gasteiger partial charge in [-0.2, -0.15) is 0 Å². The maximum atomic E-state index is 10.8. The molecule has 0 saturated heterocycles. The number of benzene rings is 1. The van der Waals surface area contributed by atoms with Crippen molar-refractivity contribution >= 4 is 24.2 Å². The third-order valence-corrected chi connectivity index (χ3v) is 3.27. The zero-order chi connectivity index (χ0) is 10.1. The Bertz CT molecular complexity index is 384. The molecule has 69 valence electrons. The van der Waals surface area contributed by atoms with Crippen molar-refractivity contribution < 1.29 is 16.9 Å². The Morgan fingerprint density at radius 1 is 1.54 bits per heavy atom. The molecule has 6 nitrogen and oxygen atoms in total. The molecule has 7 heteroatoms. The Morgan fingerprint density at radius 2 is 2.15 bits per heavy atom. The summed E-state index contributed by atoms with van der Waals surface area (Å²) in [5, 5.41) is 10.3. The topological polar surface area (TPSA) is 101 Å². The van der Waals surface area contributed by atoms with E-state index in [4.69, 9.17) is 8.19 Å². The van der Waals surface area contributed by atoms with Gasteiger partial charge in [0, 0.05) is 0 Å². The van der Waals surface area contributed by atoms with E-state index in [1.807, 2.05) is 0 Å². The van der Waals surface area contributed by atoms with Gasteiger partial charge in [-0.3, -0.25) is 0 Å². The van der Waals surface area contributed by atoms with Crippen LogP contribution in [0.3, 0.4) is 0 Å². The molecule has 1 aromatic rings. The number of rotatable bonds is 2. The molecule has 0 aliphatic rings. The summed E-state index contributed by atoms with van der Waals surface area (Å²) >= 11 is -5.22. The van der Waals surface area contributed by atoms with Crippen molar-refractivity contribution in [1.82, 2.24) is 0 Å². The van der Waals surface area contributed by atoms with Crippen molar-refractivity contribution in [3.8, 4) is 0 Å². The number of hydrogen-bond donors (Lipinski definition) is 2. The second-order valence-electron chi connectivity index (χ2n) is 2.21. The number of nitrogens with zero attached hydrogens (tertiary/aromatic N) is 1. The average molecular weight is 246 g/mol. The number of nitro benzene ring substituents is 1. The minimum absolute atomic E-state index is 0.588. The summed E-state index contributed by atoms with van der Waals surface area (Å²) in [6.45, 7) is 0. The van der Waals surface area contributed by atoms with Crippen molar-refractivity contribution in [2.24, 2.45) is 0 Å². The van der Waals surface area contributed by atoms with Gasteiger partial charge in [-0.05, 0) is 0 Å². The molecule has 13 heavy (non-hydrogen) atoms. The third-order valence-electron chi connectivity index (χ3n) is 1.30. The molecule has 2 N–H and O–H groups in total. The fourth-order valence-corrected chi connectivity index (χ4v) is 2.26. The Balaban J connectivity index is 3.37. The van der Waals surface area contributed by atoms with Crippen LogP contribution in [-0.4, -0.2) is 27.3 Å². The van der Waals surface area contributed by atoms with Gasteiger partial charge in [0.2, 0.25) is 0 Å². The van der Waals surface area contributed by atoms with Crippen molar-refractivity contribution in [3.63, 3.8) is 0 Å². The summed E-state index contributed by atoms with van der Waals surface area (Å²) < 4.78 is 27.7. The molecule has 0 heterocycles. The van der Waals surface area contributed by atoms with E-state index < -0.39 is 29.1 Å². The fourth-order valence-electron chi connectivity index (χ4n) is 0.800. The van der Waals surface area contributed by atoms with Crippen molar-refractivity contribution in [3.05, 3.63) is 34.4 Å². The fraction of sp³-hybridized carbons (Fsp3) is 0. The van der Waals surface area contributed by atoms with Gasteiger partial charge in [-0.25, -0.2) is 0 Å². The molecule has 0 fully saturated rings. The molecule has 1 radical (unpaired) electrons. The maximum absolute atomic E-state index is 10.8. The van der Waals surface area contributed by atoms with Crippen molar-refractivity contribution in [2.75, 3.05) is 0 Å². The Labute approximate surface area is 76.0 Å². The molecular weight excluding hydrogens is 241 g/mol. The van der Waals surface area contributed by atoms with Crippen LogP contribution in [0.1, 0.15) is 0 Å². The Morgan fingerprint density at radius 3 is 2.54 bits per heavy atom. The van der Waals surface area contributed by atoms with E-state index >= 15 is 0 Å². The minimum atomic E-state index is -5.22. The first-order chi connectivity index (χ1) is 5.93. The Hall–Kier alpha value is -1.10. The van der Waals surface area contributed by atoms with E-state index in [1.54, 1.807) is 0 Å². The van der Waals surface area contributed by atoms with Gasteiger partial charge < -0.3 is 0 Å². The summed E-state index contributed by atoms with van der Waals surface area (Å²) in [5.41, 5.74) is -0.588. The van der Waals surface area contributed by atoms with E-state index in [0.29, 0.717) is 0 Å². The van der Waals surface area contributed by atoms with Crippen LogP contribution in [0.2, 0.25) is 0 Å². The SMILES string of the molecule is O=[N+]([O-])c1ccc[c]c1[As](=O)(O)O. The first-order valence-electron chi connectivity index (χ1n) is 3.14. The predicted molar refractivity (Wildman–Crippen MR) is 42.4 cm³/mol. The molecule has 0 aliphatic heterocycles. The zero-order valence-corrected chi connectivity index (χ0v) is 8.12. The normalized spacial score (nSPS) is 11.2. The first kappa shape index (κ1) is 9.98. The molecule has 1 rings (SSSR count). The van der Waals surface area contributed by atoms with Crippen LogP contribution in [0.25, 0.3) is 0 Å². The third kappa shape index (κ3) is 2.18. The summed E-state index contributed by atoms with van der Waals surface area (Å²) in [5.74, 6) is 0. The average Bonchev–Trinajstić information content (AvgIpc) is 2.03. The molecule has 0 aliphatic carbocycles. The van der Waals surface area contributed by atoms with E-state index in [0.717, 1.165) is 6.07 Å². The van der Waals surface area contributed by atoms with Crippen LogP contribution in [0.4, 0.5) is 5.69 Å². The van der Waals surface area contributed by atoms with Gasteiger partial charge in [0.15, 0.2) is 0 Å². The van der Waals surface area contributed by atoms with Crippen LogP contribution in [0.15, 0.2) is 18.2 Å². The number of hydrogen-bond acceptors (Lipinski definition) is 3. The first-order valence-corrected chi connectivity index (χ1v) is 6.52.